The Morgan fingerprint density at radius 3 is 2.29 bits per heavy atom. The monoisotopic (exact) mass is 254 g/mol. The number of sulfone groups is 1. The van der Waals surface area contributed by atoms with Crippen molar-refractivity contribution < 1.29 is 12.8 Å². The molecule has 0 spiro atoms. The third-order valence-electron chi connectivity index (χ3n) is 3.01. The van der Waals surface area contributed by atoms with E-state index in [0.29, 0.717) is 5.56 Å². The summed E-state index contributed by atoms with van der Waals surface area (Å²) in [7, 11) is -3.45. The molecule has 0 N–H and O–H groups in total. The highest BCUT2D eigenvalue weighted by Crippen LogP contribution is 2.37. The average Bonchev–Trinajstić information content (AvgIpc) is 2.39. The summed E-state index contributed by atoms with van der Waals surface area (Å²) in [6, 6.07) is 3.07. The molecule has 1 aromatic rings. The van der Waals surface area contributed by atoms with E-state index in [2.05, 4.69) is 0 Å². The normalized spacial score (nSPS) is 17.8. The van der Waals surface area contributed by atoms with Crippen LogP contribution in [0.1, 0.15) is 38.8 Å². The summed E-state index contributed by atoms with van der Waals surface area (Å²) in [6.45, 7) is 7.19. The highest BCUT2D eigenvalue weighted by atomic mass is 32.2. The lowest BCUT2D eigenvalue weighted by Gasteiger charge is -2.20. The third-order valence-corrected chi connectivity index (χ3v) is 4.91. The van der Waals surface area contributed by atoms with Crippen LogP contribution in [-0.4, -0.2) is 8.42 Å². The fourth-order valence-electron chi connectivity index (χ4n) is 1.98. The molecule has 2 rings (SSSR count). The van der Waals surface area contributed by atoms with Crippen LogP contribution in [0.3, 0.4) is 0 Å². The molecule has 0 saturated heterocycles. The molecule has 92 valence electrons. The van der Waals surface area contributed by atoms with Gasteiger partial charge in [0.05, 0.1) is 4.90 Å². The van der Waals surface area contributed by atoms with Crippen molar-refractivity contribution in [3.8, 4) is 0 Å². The maximum Gasteiger partial charge on any atom is 0.203 e. The minimum atomic E-state index is -3.45. The lowest BCUT2D eigenvalue weighted by atomic mass is 9.85. The standard InChI is InChI=1S/C13H15FO2S/c1-8-7-9-11(17(8,15)16)6-5-10(12(9)14)13(2,3)4/h5-7H,1-4H3. The summed E-state index contributed by atoms with van der Waals surface area (Å²) < 4.78 is 38.0. The van der Waals surface area contributed by atoms with E-state index in [1.807, 2.05) is 20.8 Å². The van der Waals surface area contributed by atoms with Crippen molar-refractivity contribution in [1.29, 1.82) is 0 Å². The van der Waals surface area contributed by atoms with E-state index in [-0.39, 0.29) is 20.8 Å². The summed E-state index contributed by atoms with van der Waals surface area (Å²) in [5.74, 6) is -0.421. The van der Waals surface area contributed by atoms with Gasteiger partial charge in [0, 0.05) is 10.5 Å². The number of halogens is 1. The summed E-state index contributed by atoms with van der Waals surface area (Å²) >= 11 is 0. The Bertz CT molecular complexity index is 620. The van der Waals surface area contributed by atoms with E-state index in [4.69, 9.17) is 0 Å². The molecule has 0 bridgehead atoms. The Labute approximate surface area is 101 Å². The Morgan fingerprint density at radius 2 is 1.76 bits per heavy atom. The predicted octanol–water partition coefficient (Wildman–Crippen LogP) is 3.27. The molecule has 0 atom stereocenters. The number of hydrogen-bond donors (Lipinski definition) is 0. The summed E-state index contributed by atoms with van der Waals surface area (Å²) in [6.07, 6.45) is 1.41. The van der Waals surface area contributed by atoms with Gasteiger partial charge in [-0.15, -0.1) is 0 Å². The van der Waals surface area contributed by atoms with Gasteiger partial charge in [0.25, 0.3) is 0 Å². The molecule has 0 radical (unpaired) electrons. The first-order chi connectivity index (χ1) is 7.65. The quantitative estimate of drug-likeness (QED) is 0.712. The summed E-state index contributed by atoms with van der Waals surface area (Å²) in [5, 5.41) is 0. The van der Waals surface area contributed by atoms with Gasteiger partial charge in [-0.25, -0.2) is 12.8 Å². The van der Waals surface area contributed by atoms with Crippen LogP contribution in [0.15, 0.2) is 21.9 Å². The van der Waals surface area contributed by atoms with E-state index < -0.39 is 15.7 Å². The molecular weight excluding hydrogens is 239 g/mol. The molecule has 0 aliphatic carbocycles. The first-order valence-electron chi connectivity index (χ1n) is 5.42. The SMILES string of the molecule is CC1=Cc2c(ccc(C(C)(C)C)c2F)S1(=O)=O. The van der Waals surface area contributed by atoms with Crippen LogP contribution in [0.2, 0.25) is 0 Å². The smallest absolute Gasteiger partial charge is 0.203 e. The van der Waals surface area contributed by atoms with Gasteiger partial charge < -0.3 is 0 Å². The van der Waals surface area contributed by atoms with Gasteiger partial charge in [-0.2, -0.15) is 0 Å². The Morgan fingerprint density at radius 1 is 1.18 bits per heavy atom. The lowest BCUT2D eigenvalue weighted by Crippen LogP contribution is -2.15. The number of benzene rings is 1. The molecule has 0 fully saturated rings. The van der Waals surface area contributed by atoms with Crippen LogP contribution in [0.5, 0.6) is 0 Å². The van der Waals surface area contributed by atoms with E-state index in [9.17, 15) is 12.8 Å². The van der Waals surface area contributed by atoms with E-state index in [1.54, 1.807) is 6.07 Å². The second kappa shape index (κ2) is 3.42. The average molecular weight is 254 g/mol. The third kappa shape index (κ3) is 1.71. The van der Waals surface area contributed by atoms with Crippen molar-refractivity contribution in [2.45, 2.75) is 38.0 Å². The van der Waals surface area contributed by atoms with Gasteiger partial charge in [0.1, 0.15) is 5.82 Å². The molecule has 2 nitrogen and oxygen atoms in total. The molecule has 1 aliphatic heterocycles. The van der Waals surface area contributed by atoms with Crippen LogP contribution in [0.25, 0.3) is 6.08 Å². The van der Waals surface area contributed by atoms with Crippen LogP contribution < -0.4 is 0 Å². The first-order valence-corrected chi connectivity index (χ1v) is 6.90. The molecule has 17 heavy (non-hydrogen) atoms. The second-order valence-corrected chi connectivity index (χ2v) is 7.44. The van der Waals surface area contributed by atoms with E-state index in [1.165, 1.54) is 19.1 Å². The van der Waals surface area contributed by atoms with Gasteiger partial charge in [-0.3, -0.25) is 0 Å². The van der Waals surface area contributed by atoms with Crippen LogP contribution in [0, 0.1) is 5.82 Å². The zero-order chi connectivity index (χ0) is 13.0. The molecular formula is C13H15FO2S. The van der Waals surface area contributed by atoms with Crippen molar-refractivity contribution in [3.63, 3.8) is 0 Å². The molecule has 1 aliphatic rings. The molecule has 0 aromatic heterocycles. The van der Waals surface area contributed by atoms with Gasteiger partial charge in [0.2, 0.25) is 9.84 Å². The second-order valence-electron chi connectivity index (χ2n) is 5.35. The van der Waals surface area contributed by atoms with Crippen molar-refractivity contribution in [1.82, 2.24) is 0 Å². The fraction of sp³-hybridized carbons (Fsp3) is 0.385. The zero-order valence-electron chi connectivity index (χ0n) is 10.3. The Hall–Kier alpha value is -1.16. The Kier molecular flexibility index (Phi) is 2.47. The lowest BCUT2D eigenvalue weighted by molar-refractivity contribution is 0.518. The molecule has 1 aromatic carbocycles. The van der Waals surface area contributed by atoms with Crippen LogP contribution in [-0.2, 0) is 15.3 Å². The van der Waals surface area contributed by atoms with Gasteiger partial charge in [0.15, 0.2) is 0 Å². The minimum Gasteiger partial charge on any atom is -0.219 e. The number of fused-ring (bicyclic) bond motifs is 1. The molecule has 0 saturated carbocycles. The maximum atomic E-state index is 14.3. The molecule has 0 unspecified atom stereocenters. The summed E-state index contributed by atoms with van der Waals surface area (Å²) in [5.41, 5.74) is 0.403. The maximum absolute atomic E-state index is 14.3. The molecule has 1 heterocycles. The van der Waals surface area contributed by atoms with Gasteiger partial charge in [-0.1, -0.05) is 26.8 Å². The first kappa shape index (κ1) is 12.3. The topological polar surface area (TPSA) is 34.1 Å². The van der Waals surface area contributed by atoms with Gasteiger partial charge >= 0.3 is 0 Å². The van der Waals surface area contributed by atoms with Crippen molar-refractivity contribution in [2.24, 2.45) is 0 Å². The zero-order valence-corrected chi connectivity index (χ0v) is 11.2. The molecule has 4 heteroatoms. The van der Waals surface area contributed by atoms with Crippen molar-refractivity contribution in [2.75, 3.05) is 0 Å². The molecule has 0 amide bonds. The number of rotatable bonds is 0. The highest BCUT2D eigenvalue weighted by molar-refractivity contribution is 7.95. The number of allylic oxidation sites excluding steroid dienone is 1. The summed E-state index contributed by atoms with van der Waals surface area (Å²) in [4.78, 5) is 0.290. The van der Waals surface area contributed by atoms with Gasteiger partial charge in [-0.05, 0) is 30.0 Å². The van der Waals surface area contributed by atoms with Crippen LogP contribution in [0.4, 0.5) is 4.39 Å². The Balaban J connectivity index is 2.78. The number of hydrogen-bond acceptors (Lipinski definition) is 2. The van der Waals surface area contributed by atoms with E-state index >= 15 is 0 Å². The minimum absolute atomic E-state index is 0.0838. The van der Waals surface area contributed by atoms with Crippen LogP contribution >= 0.6 is 0 Å². The fourth-order valence-corrected chi connectivity index (χ4v) is 3.28. The highest BCUT2D eigenvalue weighted by Gasteiger charge is 2.31. The van der Waals surface area contributed by atoms with E-state index in [0.717, 1.165) is 0 Å². The van der Waals surface area contributed by atoms with Crippen molar-refractivity contribution >= 4 is 15.9 Å². The van der Waals surface area contributed by atoms with Crippen molar-refractivity contribution in [3.05, 3.63) is 34.0 Å². The predicted molar refractivity (Wildman–Crippen MR) is 65.9 cm³/mol. The largest absolute Gasteiger partial charge is 0.219 e.